The molecule has 1 amide bonds. The maximum Gasteiger partial charge on any atom is 0.271 e. The Bertz CT molecular complexity index is 800. The molecule has 0 radical (unpaired) electrons. The number of aromatic nitrogens is 2. The van der Waals surface area contributed by atoms with Crippen LogP contribution in [0.2, 0.25) is 0 Å². The van der Waals surface area contributed by atoms with Crippen molar-refractivity contribution < 1.29 is 9.53 Å². The van der Waals surface area contributed by atoms with Crippen molar-refractivity contribution in [2.45, 2.75) is 31.7 Å². The molecule has 1 N–H and O–H groups in total. The summed E-state index contributed by atoms with van der Waals surface area (Å²) in [6, 6.07) is 11.3. The molecule has 6 nitrogen and oxygen atoms in total. The zero-order chi connectivity index (χ0) is 17.6. The van der Waals surface area contributed by atoms with Gasteiger partial charge in [0, 0.05) is 25.6 Å². The molecule has 0 unspecified atom stereocenters. The van der Waals surface area contributed by atoms with Crippen LogP contribution in [0.15, 0.2) is 41.2 Å². The second-order valence-corrected chi connectivity index (χ2v) is 6.27. The quantitative estimate of drug-likeness (QED) is 0.869. The molecule has 1 aromatic heterocycles. The van der Waals surface area contributed by atoms with Gasteiger partial charge in [0.2, 0.25) is 0 Å². The molecule has 0 aliphatic heterocycles. The molecule has 1 heterocycles. The molecule has 6 heteroatoms. The molecule has 1 aromatic carbocycles. The number of aryl methyl sites for hydroxylation is 1. The van der Waals surface area contributed by atoms with Crippen LogP contribution in [0, 0.1) is 0 Å². The summed E-state index contributed by atoms with van der Waals surface area (Å²) in [5, 5.41) is 7.09. The van der Waals surface area contributed by atoms with Crippen molar-refractivity contribution in [3.8, 4) is 0 Å². The van der Waals surface area contributed by atoms with Crippen LogP contribution in [0.25, 0.3) is 0 Å². The molecule has 0 spiro atoms. The Balaban J connectivity index is 1.66. The van der Waals surface area contributed by atoms with E-state index in [1.54, 1.807) is 7.11 Å². The summed E-state index contributed by atoms with van der Waals surface area (Å²) in [5.74, 6) is 0.0718. The highest BCUT2D eigenvalue weighted by molar-refractivity contribution is 5.92. The monoisotopic (exact) mass is 341 g/mol. The number of fused-ring (bicyclic) bond motifs is 1. The highest BCUT2D eigenvalue weighted by Crippen LogP contribution is 2.30. The zero-order valence-electron chi connectivity index (χ0n) is 14.4. The standard InChI is InChI=1S/C19H23N3O3/c1-25-12-11-22-18(23)10-9-17(21-22)19(24)20-13-15-7-4-6-14-5-2-3-8-16(14)15/h2-3,5,8-10,15H,4,6-7,11-13H2,1H3,(H,20,24)/t15-/m0/s1. The molecule has 0 fully saturated rings. The summed E-state index contributed by atoms with van der Waals surface area (Å²) in [6.07, 6.45) is 3.31. The summed E-state index contributed by atoms with van der Waals surface area (Å²) in [4.78, 5) is 24.2. The first kappa shape index (κ1) is 17.4. The third-order valence-corrected chi connectivity index (χ3v) is 4.61. The van der Waals surface area contributed by atoms with E-state index >= 15 is 0 Å². The minimum Gasteiger partial charge on any atom is -0.383 e. The zero-order valence-corrected chi connectivity index (χ0v) is 14.4. The van der Waals surface area contributed by atoms with E-state index in [-0.39, 0.29) is 17.2 Å². The second-order valence-electron chi connectivity index (χ2n) is 6.27. The maximum atomic E-state index is 12.4. The van der Waals surface area contributed by atoms with Gasteiger partial charge >= 0.3 is 0 Å². The van der Waals surface area contributed by atoms with Gasteiger partial charge in [0.05, 0.1) is 13.2 Å². The van der Waals surface area contributed by atoms with E-state index in [0.29, 0.717) is 25.6 Å². The van der Waals surface area contributed by atoms with Crippen molar-refractivity contribution in [1.82, 2.24) is 15.1 Å². The topological polar surface area (TPSA) is 73.2 Å². The molecule has 1 aliphatic rings. The largest absolute Gasteiger partial charge is 0.383 e. The number of hydrogen-bond donors (Lipinski definition) is 1. The lowest BCUT2D eigenvalue weighted by Crippen LogP contribution is -2.33. The van der Waals surface area contributed by atoms with Crippen LogP contribution in [0.3, 0.4) is 0 Å². The lowest BCUT2D eigenvalue weighted by molar-refractivity contribution is 0.0941. The molecule has 3 rings (SSSR count). The maximum absolute atomic E-state index is 12.4. The van der Waals surface area contributed by atoms with Crippen LogP contribution in [0.4, 0.5) is 0 Å². The molecule has 132 valence electrons. The smallest absolute Gasteiger partial charge is 0.271 e. The van der Waals surface area contributed by atoms with Crippen molar-refractivity contribution in [1.29, 1.82) is 0 Å². The third kappa shape index (κ3) is 4.14. The summed E-state index contributed by atoms with van der Waals surface area (Å²) in [7, 11) is 1.56. The Morgan fingerprint density at radius 3 is 3.00 bits per heavy atom. The molecule has 2 aromatic rings. The lowest BCUT2D eigenvalue weighted by Gasteiger charge is -2.25. The number of carbonyl (C=O) groups excluding carboxylic acids is 1. The fraction of sp³-hybridized carbons (Fsp3) is 0.421. The third-order valence-electron chi connectivity index (χ3n) is 4.61. The molecule has 0 saturated heterocycles. The van der Waals surface area contributed by atoms with Crippen LogP contribution >= 0.6 is 0 Å². The number of hydrogen-bond acceptors (Lipinski definition) is 4. The number of ether oxygens (including phenoxy) is 1. The number of methoxy groups -OCH3 is 1. The van der Waals surface area contributed by atoms with Gasteiger partial charge in [-0.25, -0.2) is 4.68 Å². The first-order chi connectivity index (χ1) is 12.2. The fourth-order valence-electron chi connectivity index (χ4n) is 3.28. The SMILES string of the molecule is COCCn1nc(C(=O)NC[C@@H]2CCCc3ccccc32)ccc1=O. The van der Waals surface area contributed by atoms with E-state index in [1.807, 2.05) is 6.07 Å². The normalized spacial score (nSPS) is 16.3. The second kappa shape index (κ2) is 8.07. The predicted octanol–water partition coefficient (Wildman–Crippen LogP) is 1.74. The summed E-state index contributed by atoms with van der Waals surface area (Å²) < 4.78 is 6.22. The van der Waals surface area contributed by atoms with Gasteiger partial charge in [-0.2, -0.15) is 5.10 Å². The average Bonchev–Trinajstić information content (AvgIpc) is 2.65. The summed E-state index contributed by atoms with van der Waals surface area (Å²) >= 11 is 0. The van der Waals surface area contributed by atoms with E-state index < -0.39 is 0 Å². The number of nitrogens with one attached hydrogen (secondary N) is 1. The average molecular weight is 341 g/mol. The van der Waals surface area contributed by atoms with Crippen molar-refractivity contribution in [3.05, 3.63) is 63.6 Å². The minimum absolute atomic E-state index is 0.241. The Labute approximate surface area is 146 Å². The van der Waals surface area contributed by atoms with Crippen molar-refractivity contribution in [2.24, 2.45) is 0 Å². The predicted molar refractivity (Wildman–Crippen MR) is 94.8 cm³/mol. The summed E-state index contributed by atoms with van der Waals surface area (Å²) in [5.41, 5.74) is 2.71. The van der Waals surface area contributed by atoms with Gasteiger partial charge < -0.3 is 10.1 Å². The van der Waals surface area contributed by atoms with Crippen LogP contribution in [-0.2, 0) is 17.7 Å². The number of carbonyl (C=O) groups is 1. The minimum atomic E-state index is -0.255. The Morgan fingerprint density at radius 2 is 2.16 bits per heavy atom. The first-order valence-electron chi connectivity index (χ1n) is 8.62. The van der Waals surface area contributed by atoms with Crippen molar-refractivity contribution in [2.75, 3.05) is 20.3 Å². The van der Waals surface area contributed by atoms with E-state index in [1.165, 1.54) is 27.9 Å². The van der Waals surface area contributed by atoms with Gasteiger partial charge in [-0.1, -0.05) is 24.3 Å². The van der Waals surface area contributed by atoms with E-state index in [0.717, 1.165) is 19.3 Å². The molecular formula is C19H23N3O3. The molecule has 25 heavy (non-hydrogen) atoms. The Hall–Kier alpha value is -2.47. The molecular weight excluding hydrogens is 318 g/mol. The highest BCUT2D eigenvalue weighted by atomic mass is 16.5. The van der Waals surface area contributed by atoms with Gasteiger partial charge in [-0.05, 0) is 36.5 Å². The number of amides is 1. The first-order valence-corrected chi connectivity index (χ1v) is 8.62. The molecule has 0 bridgehead atoms. The summed E-state index contributed by atoms with van der Waals surface area (Å²) in [6.45, 7) is 1.28. The van der Waals surface area contributed by atoms with E-state index in [4.69, 9.17) is 4.74 Å². The van der Waals surface area contributed by atoms with E-state index in [2.05, 4.69) is 28.6 Å². The van der Waals surface area contributed by atoms with Crippen molar-refractivity contribution in [3.63, 3.8) is 0 Å². The number of benzene rings is 1. The lowest BCUT2D eigenvalue weighted by atomic mass is 9.83. The molecule has 1 atom stereocenters. The van der Waals surface area contributed by atoms with Crippen LogP contribution in [0.1, 0.15) is 40.4 Å². The van der Waals surface area contributed by atoms with Crippen LogP contribution < -0.4 is 10.9 Å². The van der Waals surface area contributed by atoms with Gasteiger partial charge in [0.25, 0.3) is 11.5 Å². The van der Waals surface area contributed by atoms with Gasteiger partial charge in [-0.15, -0.1) is 0 Å². The Morgan fingerprint density at radius 1 is 1.32 bits per heavy atom. The van der Waals surface area contributed by atoms with Gasteiger partial charge in [-0.3, -0.25) is 9.59 Å². The Kier molecular flexibility index (Phi) is 5.60. The van der Waals surface area contributed by atoms with Crippen LogP contribution in [0.5, 0.6) is 0 Å². The van der Waals surface area contributed by atoms with Crippen molar-refractivity contribution >= 4 is 5.91 Å². The van der Waals surface area contributed by atoms with Gasteiger partial charge in [0.15, 0.2) is 0 Å². The van der Waals surface area contributed by atoms with Crippen LogP contribution in [-0.4, -0.2) is 35.9 Å². The molecule has 1 aliphatic carbocycles. The van der Waals surface area contributed by atoms with Gasteiger partial charge in [0.1, 0.15) is 5.69 Å². The number of nitrogens with zero attached hydrogens (tertiary/aromatic N) is 2. The fourth-order valence-corrected chi connectivity index (χ4v) is 3.28. The highest BCUT2D eigenvalue weighted by Gasteiger charge is 2.20. The van der Waals surface area contributed by atoms with E-state index in [9.17, 15) is 9.59 Å². The number of rotatable bonds is 6. The molecule has 0 saturated carbocycles.